The molecule has 7 nitrogen and oxygen atoms in total. The van der Waals surface area contributed by atoms with Gasteiger partial charge in [0.15, 0.2) is 0 Å². The number of hydrogen-bond donors (Lipinski definition) is 1. The number of imide groups is 1. The fourth-order valence-corrected chi connectivity index (χ4v) is 5.16. The summed E-state index contributed by atoms with van der Waals surface area (Å²) in [6, 6.07) is 24.1. The van der Waals surface area contributed by atoms with Gasteiger partial charge in [0, 0.05) is 29.2 Å². The number of para-hydroxylation sites is 2. The van der Waals surface area contributed by atoms with Crippen LogP contribution in [0.4, 0.5) is 10.5 Å². The summed E-state index contributed by atoms with van der Waals surface area (Å²) in [5.41, 5.74) is 3.57. The predicted molar refractivity (Wildman–Crippen MR) is 145 cm³/mol. The molecule has 1 N–H and O–H groups in total. The van der Waals surface area contributed by atoms with E-state index in [1.165, 1.54) is 0 Å². The molecule has 1 aliphatic heterocycles. The number of carbonyl (C=O) groups is 3. The summed E-state index contributed by atoms with van der Waals surface area (Å²) in [7, 11) is 0. The minimum Gasteiger partial charge on any atom is -0.342 e. The van der Waals surface area contributed by atoms with Crippen LogP contribution < -0.4 is 5.32 Å². The van der Waals surface area contributed by atoms with Crippen LogP contribution in [0, 0.1) is 11.3 Å². The van der Waals surface area contributed by atoms with Gasteiger partial charge < -0.3 is 9.88 Å². The number of hydrogen-bond acceptors (Lipinski definition) is 5. The standard InChI is InChI=1S/C28H19ClN4O3S/c29-22-10-4-5-11-23(22)31-26(34)17-33-27(35)25(37-28(33)36)13-20-16-32(24-12-6-3-9-21(20)24)15-19-8-2-1-7-18(19)14-30/h1-13,16H,15,17H2,(H,31,34)/b25-13+. The lowest BCUT2D eigenvalue weighted by molar-refractivity contribution is -0.127. The average Bonchev–Trinajstić information content (AvgIpc) is 3.37. The number of nitriles is 1. The Kier molecular flexibility index (Phi) is 6.82. The number of benzene rings is 3. The monoisotopic (exact) mass is 526 g/mol. The zero-order chi connectivity index (χ0) is 25.9. The highest BCUT2D eigenvalue weighted by Crippen LogP contribution is 2.34. The van der Waals surface area contributed by atoms with Gasteiger partial charge in [-0.2, -0.15) is 5.26 Å². The lowest BCUT2D eigenvalue weighted by atomic mass is 10.1. The molecule has 182 valence electrons. The van der Waals surface area contributed by atoms with Crippen molar-refractivity contribution < 1.29 is 14.4 Å². The van der Waals surface area contributed by atoms with E-state index in [0.29, 0.717) is 22.8 Å². The molecule has 0 saturated carbocycles. The van der Waals surface area contributed by atoms with Gasteiger partial charge in [-0.25, -0.2) is 0 Å². The Balaban J connectivity index is 1.40. The highest BCUT2D eigenvalue weighted by atomic mass is 35.5. The maximum absolute atomic E-state index is 13.1. The minimum atomic E-state index is -0.532. The number of anilines is 1. The average molecular weight is 527 g/mol. The number of nitrogens with zero attached hydrogens (tertiary/aromatic N) is 3. The van der Waals surface area contributed by atoms with Crippen molar-refractivity contribution >= 4 is 63.1 Å². The first-order valence-electron chi connectivity index (χ1n) is 11.3. The van der Waals surface area contributed by atoms with E-state index in [4.69, 9.17) is 11.6 Å². The van der Waals surface area contributed by atoms with Crippen LogP contribution in [0.15, 0.2) is 83.9 Å². The van der Waals surface area contributed by atoms with Crippen molar-refractivity contribution in [2.75, 3.05) is 11.9 Å². The van der Waals surface area contributed by atoms with Crippen LogP contribution >= 0.6 is 23.4 Å². The third-order valence-corrected chi connectivity index (χ3v) is 7.14. The molecule has 5 rings (SSSR count). The van der Waals surface area contributed by atoms with Gasteiger partial charge in [-0.15, -0.1) is 0 Å². The van der Waals surface area contributed by atoms with Crippen LogP contribution in [0.3, 0.4) is 0 Å². The van der Waals surface area contributed by atoms with Crippen molar-refractivity contribution in [2.45, 2.75) is 6.54 Å². The van der Waals surface area contributed by atoms with E-state index in [9.17, 15) is 19.6 Å². The number of nitrogens with one attached hydrogen (secondary N) is 1. The number of amides is 3. The van der Waals surface area contributed by atoms with Crippen LogP contribution in [-0.2, 0) is 16.1 Å². The Morgan fingerprint density at radius 2 is 1.76 bits per heavy atom. The lowest BCUT2D eigenvalue weighted by Gasteiger charge is -2.13. The second-order valence-corrected chi connectivity index (χ2v) is 9.69. The fourth-order valence-electron chi connectivity index (χ4n) is 4.15. The molecular formula is C28H19ClN4O3S. The zero-order valence-corrected chi connectivity index (χ0v) is 20.9. The lowest BCUT2D eigenvalue weighted by Crippen LogP contribution is -2.36. The Morgan fingerprint density at radius 3 is 2.57 bits per heavy atom. The molecule has 3 aromatic carbocycles. The van der Waals surface area contributed by atoms with Crippen molar-refractivity contribution in [3.05, 3.63) is 106 Å². The minimum absolute atomic E-state index is 0.232. The molecule has 1 aromatic heterocycles. The molecule has 0 atom stereocenters. The largest absolute Gasteiger partial charge is 0.342 e. The number of carbonyl (C=O) groups excluding carboxylic acids is 3. The maximum Gasteiger partial charge on any atom is 0.294 e. The smallest absolute Gasteiger partial charge is 0.294 e. The summed E-state index contributed by atoms with van der Waals surface area (Å²) in [5.74, 6) is -1.06. The summed E-state index contributed by atoms with van der Waals surface area (Å²) < 4.78 is 2.01. The van der Waals surface area contributed by atoms with E-state index in [0.717, 1.165) is 38.7 Å². The first kappa shape index (κ1) is 24.4. The third-order valence-electron chi connectivity index (χ3n) is 5.91. The number of aromatic nitrogens is 1. The van der Waals surface area contributed by atoms with Crippen LogP contribution in [0.25, 0.3) is 17.0 Å². The zero-order valence-electron chi connectivity index (χ0n) is 19.3. The summed E-state index contributed by atoms with van der Waals surface area (Å²) in [4.78, 5) is 39.3. The second-order valence-electron chi connectivity index (χ2n) is 8.29. The van der Waals surface area contributed by atoms with E-state index in [1.807, 2.05) is 53.2 Å². The number of fused-ring (bicyclic) bond motifs is 1. The Labute approximate surface area is 221 Å². The van der Waals surface area contributed by atoms with Crippen molar-refractivity contribution in [1.29, 1.82) is 5.26 Å². The van der Waals surface area contributed by atoms with Crippen molar-refractivity contribution in [3.8, 4) is 6.07 Å². The van der Waals surface area contributed by atoms with Gasteiger partial charge in [0.05, 0.1) is 27.2 Å². The summed E-state index contributed by atoms with van der Waals surface area (Å²) >= 11 is 6.88. The van der Waals surface area contributed by atoms with Crippen LogP contribution in [0.2, 0.25) is 5.02 Å². The van der Waals surface area contributed by atoms with Gasteiger partial charge in [-0.3, -0.25) is 19.3 Å². The van der Waals surface area contributed by atoms with Crippen molar-refractivity contribution in [1.82, 2.24) is 9.47 Å². The molecule has 0 aliphatic carbocycles. The molecule has 0 unspecified atom stereocenters. The summed E-state index contributed by atoms with van der Waals surface area (Å²) in [6.45, 7) is 0.0573. The molecule has 0 bridgehead atoms. The Hall–Kier alpha value is -4.32. The molecule has 2 heterocycles. The molecule has 0 radical (unpaired) electrons. The Morgan fingerprint density at radius 1 is 1.03 bits per heavy atom. The first-order chi connectivity index (χ1) is 17.9. The molecule has 4 aromatic rings. The van der Waals surface area contributed by atoms with Crippen molar-refractivity contribution in [3.63, 3.8) is 0 Å². The third kappa shape index (κ3) is 5.00. The van der Waals surface area contributed by atoms with Crippen molar-refractivity contribution in [2.24, 2.45) is 0 Å². The molecule has 9 heteroatoms. The molecule has 1 fully saturated rings. The topological polar surface area (TPSA) is 95.2 Å². The second kappa shape index (κ2) is 10.3. The van der Waals surface area contributed by atoms with Crippen LogP contribution in [0.5, 0.6) is 0 Å². The molecule has 3 amide bonds. The SMILES string of the molecule is N#Cc1ccccc1Cn1cc(/C=C2/SC(=O)N(CC(=O)Nc3ccccc3Cl)C2=O)c2ccccc21. The molecule has 0 spiro atoms. The molecule has 37 heavy (non-hydrogen) atoms. The van der Waals surface area contributed by atoms with Crippen LogP contribution in [-0.4, -0.2) is 33.1 Å². The summed E-state index contributed by atoms with van der Waals surface area (Å²) in [5, 5.41) is 12.8. The highest BCUT2D eigenvalue weighted by molar-refractivity contribution is 8.18. The Bertz CT molecular complexity index is 1640. The number of halogens is 1. The van der Waals surface area contributed by atoms with Gasteiger partial charge in [0.2, 0.25) is 5.91 Å². The van der Waals surface area contributed by atoms with Gasteiger partial charge in [-0.05, 0) is 47.7 Å². The van der Waals surface area contributed by atoms with Gasteiger partial charge in [-0.1, -0.05) is 60.1 Å². The van der Waals surface area contributed by atoms with E-state index in [2.05, 4.69) is 11.4 Å². The molecular weight excluding hydrogens is 508 g/mol. The molecule has 1 saturated heterocycles. The van der Waals surface area contributed by atoms with Gasteiger partial charge >= 0.3 is 0 Å². The highest BCUT2D eigenvalue weighted by Gasteiger charge is 2.36. The van der Waals surface area contributed by atoms with E-state index in [1.54, 1.807) is 36.4 Å². The normalized spacial score (nSPS) is 14.4. The van der Waals surface area contributed by atoms with E-state index < -0.39 is 23.6 Å². The quantitative estimate of drug-likeness (QED) is 0.316. The maximum atomic E-state index is 13.1. The van der Waals surface area contributed by atoms with Gasteiger partial charge in [0.1, 0.15) is 6.54 Å². The summed E-state index contributed by atoms with van der Waals surface area (Å²) in [6.07, 6.45) is 3.57. The molecule has 1 aliphatic rings. The van der Waals surface area contributed by atoms with E-state index >= 15 is 0 Å². The van der Waals surface area contributed by atoms with Gasteiger partial charge in [0.25, 0.3) is 11.1 Å². The van der Waals surface area contributed by atoms with Crippen LogP contribution in [0.1, 0.15) is 16.7 Å². The number of thioether (sulfide) groups is 1. The predicted octanol–water partition coefficient (Wildman–Crippen LogP) is 5.89. The number of rotatable bonds is 6. The first-order valence-corrected chi connectivity index (χ1v) is 12.5. The van der Waals surface area contributed by atoms with E-state index in [-0.39, 0.29) is 4.91 Å². The fraction of sp³-hybridized carbons (Fsp3) is 0.0714.